The summed E-state index contributed by atoms with van der Waals surface area (Å²) < 4.78 is 0. The van der Waals surface area contributed by atoms with E-state index in [1.807, 2.05) is 0 Å². The van der Waals surface area contributed by atoms with E-state index >= 15 is 0 Å². The van der Waals surface area contributed by atoms with Crippen molar-refractivity contribution in [1.82, 2.24) is 5.32 Å². The molecule has 0 radical (unpaired) electrons. The highest BCUT2D eigenvalue weighted by atomic mass is 16.3. The molecule has 1 fully saturated rings. The van der Waals surface area contributed by atoms with Gasteiger partial charge in [-0.15, -0.1) is 0 Å². The number of aliphatic hydroxyl groups excluding tert-OH is 1. The van der Waals surface area contributed by atoms with Crippen LogP contribution in [0.2, 0.25) is 0 Å². The summed E-state index contributed by atoms with van der Waals surface area (Å²) in [6, 6.07) is 0.356. The standard InChI is InChI=1S/C11H21NO2/c13-9-8-11(14)12-10-6-4-2-1-3-5-7-10/h10,13H,1-9H2,(H,12,14). The van der Waals surface area contributed by atoms with E-state index in [9.17, 15) is 4.79 Å². The van der Waals surface area contributed by atoms with Gasteiger partial charge in [0, 0.05) is 12.5 Å². The van der Waals surface area contributed by atoms with Crippen LogP contribution >= 0.6 is 0 Å². The van der Waals surface area contributed by atoms with Crippen molar-refractivity contribution in [2.75, 3.05) is 6.61 Å². The second-order valence-electron chi connectivity index (χ2n) is 4.08. The first-order valence-electron chi connectivity index (χ1n) is 5.73. The molecule has 0 aliphatic heterocycles. The van der Waals surface area contributed by atoms with Gasteiger partial charge in [0.25, 0.3) is 0 Å². The van der Waals surface area contributed by atoms with Crippen LogP contribution < -0.4 is 5.32 Å². The Labute approximate surface area is 85.9 Å². The molecule has 1 amide bonds. The second kappa shape index (κ2) is 6.82. The number of hydrogen-bond acceptors (Lipinski definition) is 2. The zero-order valence-electron chi connectivity index (χ0n) is 8.80. The number of hydrogen-bond donors (Lipinski definition) is 2. The van der Waals surface area contributed by atoms with E-state index in [-0.39, 0.29) is 18.9 Å². The smallest absolute Gasteiger partial charge is 0.222 e. The number of amides is 1. The summed E-state index contributed by atoms with van der Waals surface area (Å²) in [5, 5.41) is 11.6. The van der Waals surface area contributed by atoms with Crippen LogP contribution in [0.1, 0.15) is 51.4 Å². The Bertz CT molecular complexity index is 163. The third kappa shape index (κ3) is 4.61. The number of carbonyl (C=O) groups excluding carboxylic acids is 1. The van der Waals surface area contributed by atoms with Gasteiger partial charge in [0.05, 0.1) is 6.61 Å². The number of rotatable bonds is 3. The van der Waals surface area contributed by atoms with Gasteiger partial charge in [-0.3, -0.25) is 4.79 Å². The van der Waals surface area contributed by atoms with E-state index in [0.29, 0.717) is 6.04 Å². The topological polar surface area (TPSA) is 49.3 Å². The molecule has 0 saturated heterocycles. The molecule has 2 N–H and O–H groups in total. The summed E-state index contributed by atoms with van der Waals surface area (Å²) in [5.74, 6) is -0.00178. The highest BCUT2D eigenvalue weighted by Crippen LogP contribution is 2.16. The summed E-state index contributed by atoms with van der Waals surface area (Å²) in [4.78, 5) is 11.2. The van der Waals surface area contributed by atoms with Gasteiger partial charge < -0.3 is 10.4 Å². The lowest BCUT2D eigenvalue weighted by atomic mass is 9.97. The van der Waals surface area contributed by atoms with Crippen molar-refractivity contribution in [2.45, 2.75) is 57.4 Å². The average Bonchev–Trinajstić information content (AvgIpc) is 2.10. The van der Waals surface area contributed by atoms with E-state index in [1.54, 1.807) is 0 Å². The summed E-state index contributed by atoms with van der Waals surface area (Å²) in [6.45, 7) is -0.0431. The molecule has 82 valence electrons. The molecule has 1 rings (SSSR count). The van der Waals surface area contributed by atoms with Crippen molar-refractivity contribution < 1.29 is 9.90 Å². The van der Waals surface area contributed by atoms with E-state index in [2.05, 4.69) is 5.32 Å². The second-order valence-corrected chi connectivity index (χ2v) is 4.08. The quantitative estimate of drug-likeness (QED) is 0.725. The van der Waals surface area contributed by atoms with Crippen LogP contribution in [0.4, 0.5) is 0 Å². The molecule has 1 saturated carbocycles. The maximum Gasteiger partial charge on any atom is 0.222 e. The van der Waals surface area contributed by atoms with E-state index in [1.165, 1.54) is 32.1 Å². The minimum absolute atomic E-state index is 0.00178. The molecule has 14 heavy (non-hydrogen) atoms. The molecule has 0 bridgehead atoms. The summed E-state index contributed by atoms with van der Waals surface area (Å²) in [5.41, 5.74) is 0. The molecule has 0 aromatic heterocycles. The van der Waals surface area contributed by atoms with Crippen molar-refractivity contribution in [3.63, 3.8) is 0 Å². The van der Waals surface area contributed by atoms with Crippen molar-refractivity contribution >= 4 is 5.91 Å². The zero-order chi connectivity index (χ0) is 10.2. The van der Waals surface area contributed by atoms with Crippen molar-refractivity contribution in [1.29, 1.82) is 0 Å². The average molecular weight is 199 g/mol. The van der Waals surface area contributed by atoms with Crippen LogP contribution in [0.3, 0.4) is 0 Å². The van der Waals surface area contributed by atoms with Crippen LogP contribution in [0.5, 0.6) is 0 Å². The first-order valence-corrected chi connectivity index (χ1v) is 5.73. The first kappa shape index (κ1) is 11.5. The van der Waals surface area contributed by atoms with Crippen LogP contribution in [-0.4, -0.2) is 23.7 Å². The molecule has 0 aromatic carbocycles. The van der Waals surface area contributed by atoms with E-state index < -0.39 is 0 Å². The Kier molecular flexibility index (Phi) is 5.60. The fourth-order valence-electron chi connectivity index (χ4n) is 2.00. The van der Waals surface area contributed by atoms with E-state index in [4.69, 9.17) is 5.11 Å². The molecule has 0 spiro atoms. The van der Waals surface area contributed by atoms with Crippen molar-refractivity contribution in [2.24, 2.45) is 0 Å². The number of nitrogens with one attached hydrogen (secondary N) is 1. The Balaban J connectivity index is 2.22. The van der Waals surface area contributed by atoms with Gasteiger partial charge in [0.15, 0.2) is 0 Å². The fourth-order valence-corrected chi connectivity index (χ4v) is 2.00. The predicted molar refractivity (Wildman–Crippen MR) is 56.0 cm³/mol. The van der Waals surface area contributed by atoms with Gasteiger partial charge in [-0.1, -0.05) is 32.1 Å². The zero-order valence-corrected chi connectivity index (χ0v) is 8.80. The lowest BCUT2D eigenvalue weighted by molar-refractivity contribution is -0.122. The normalized spacial score (nSPS) is 19.8. The minimum atomic E-state index is -0.0431. The van der Waals surface area contributed by atoms with Gasteiger partial charge in [-0.25, -0.2) is 0 Å². The largest absolute Gasteiger partial charge is 0.396 e. The molecule has 1 aliphatic carbocycles. The lowest BCUT2D eigenvalue weighted by Crippen LogP contribution is -2.35. The SMILES string of the molecule is O=C(CCO)NC1CCCCCCC1. The number of aliphatic hydroxyl groups is 1. The minimum Gasteiger partial charge on any atom is -0.396 e. The number of carbonyl (C=O) groups is 1. The lowest BCUT2D eigenvalue weighted by Gasteiger charge is -2.20. The summed E-state index contributed by atoms with van der Waals surface area (Å²) in [6.07, 6.45) is 8.86. The van der Waals surface area contributed by atoms with E-state index in [0.717, 1.165) is 12.8 Å². The van der Waals surface area contributed by atoms with Crippen LogP contribution in [0.15, 0.2) is 0 Å². The molecular formula is C11H21NO2. The van der Waals surface area contributed by atoms with Gasteiger partial charge in [0.1, 0.15) is 0 Å². The molecule has 0 atom stereocenters. The monoisotopic (exact) mass is 199 g/mol. The Morgan fingerprint density at radius 2 is 1.71 bits per heavy atom. The molecule has 3 nitrogen and oxygen atoms in total. The Morgan fingerprint density at radius 3 is 2.29 bits per heavy atom. The molecule has 0 unspecified atom stereocenters. The Hall–Kier alpha value is -0.570. The third-order valence-electron chi connectivity index (χ3n) is 2.81. The van der Waals surface area contributed by atoms with Crippen molar-refractivity contribution in [3.05, 3.63) is 0 Å². The van der Waals surface area contributed by atoms with Gasteiger partial charge in [-0.05, 0) is 12.8 Å². The predicted octanol–water partition coefficient (Wildman–Crippen LogP) is 1.60. The van der Waals surface area contributed by atoms with Gasteiger partial charge in [0.2, 0.25) is 5.91 Å². The van der Waals surface area contributed by atoms with Crippen LogP contribution in [0, 0.1) is 0 Å². The summed E-state index contributed by atoms with van der Waals surface area (Å²) >= 11 is 0. The Morgan fingerprint density at radius 1 is 1.14 bits per heavy atom. The molecule has 0 aromatic rings. The van der Waals surface area contributed by atoms with Crippen LogP contribution in [-0.2, 0) is 4.79 Å². The molecule has 0 heterocycles. The summed E-state index contributed by atoms with van der Waals surface area (Å²) in [7, 11) is 0. The maximum atomic E-state index is 11.2. The maximum absolute atomic E-state index is 11.2. The molecule has 1 aliphatic rings. The van der Waals surface area contributed by atoms with Crippen LogP contribution in [0.25, 0.3) is 0 Å². The highest BCUT2D eigenvalue weighted by molar-refractivity contribution is 5.76. The highest BCUT2D eigenvalue weighted by Gasteiger charge is 2.13. The third-order valence-corrected chi connectivity index (χ3v) is 2.81. The first-order chi connectivity index (χ1) is 6.83. The van der Waals surface area contributed by atoms with Crippen molar-refractivity contribution in [3.8, 4) is 0 Å². The molecule has 3 heteroatoms. The van der Waals surface area contributed by atoms with Gasteiger partial charge >= 0.3 is 0 Å². The molecular weight excluding hydrogens is 178 g/mol. The van der Waals surface area contributed by atoms with Gasteiger partial charge in [-0.2, -0.15) is 0 Å². The fraction of sp³-hybridized carbons (Fsp3) is 0.909.